The number of carbonyl (C=O) groups excluding carboxylic acids is 2. The number of esters is 2. The second-order valence-electron chi connectivity index (χ2n) is 6.35. The van der Waals surface area contributed by atoms with Crippen LogP contribution >= 0.6 is 15.9 Å². The van der Waals surface area contributed by atoms with Crippen LogP contribution in [0.15, 0.2) is 27.6 Å². The van der Waals surface area contributed by atoms with Crippen molar-refractivity contribution in [2.75, 3.05) is 6.61 Å². The van der Waals surface area contributed by atoms with E-state index >= 15 is 0 Å². The lowest BCUT2D eigenvalue weighted by Crippen LogP contribution is -2.40. The van der Waals surface area contributed by atoms with Crippen LogP contribution in [0, 0.1) is 0 Å². The minimum Gasteiger partial charge on any atom is -0.463 e. The van der Waals surface area contributed by atoms with Crippen LogP contribution in [0.4, 0.5) is 0 Å². The summed E-state index contributed by atoms with van der Waals surface area (Å²) in [6.07, 6.45) is -0.677. The third kappa shape index (κ3) is 4.55. The molecule has 0 bridgehead atoms. The molecule has 0 amide bonds. The molecule has 0 aromatic heterocycles. The van der Waals surface area contributed by atoms with Crippen LogP contribution in [0.1, 0.15) is 37.6 Å². The molecular weight excluding hydrogens is 402 g/mol. The summed E-state index contributed by atoms with van der Waals surface area (Å²) in [5.74, 6) is -1.39. The zero-order valence-corrected chi connectivity index (χ0v) is 15.9. The van der Waals surface area contributed by atoms with Crippen molar-refractivity contribution in [1.29, 1.82) is 0 Å². The summed E-state index contributed by atoms with van der Waals surface area (Å²) in [4.78, 5) is 23.6. The lowest BCUT2D eigenvalue weighted by Gasteiger charge is -2.20. The maximum absolute atomic E-state index is 12.4. The van der Waals surface area contributed by atoms with Crippen molar-refractivity contribution in [3.8, 4) is 0 Å². The molecule has 0 radical (unpaired) electrons. The number of sulfonamides is 1. The molecule has 0 unspecified atom stereocenters. The van der Waals surface area contributed by atoms with E-state index in [-0.39, 0.29) is 23.5 Å². The van der Waals surface area contributed by atoms with Crippen molar-refractivity contribution in [2.45, 2.75) is 43.7 Å². The highest BCUT2D eigenvalue weighted by Crippen LogP contribution is 2.24. The second-order valence-corrected chi connectivity index (χ2v) is 8.88. The zero-order chi connectivity index (χ0) is 18.1. The van der Waals surface area contributed by atoms with E-state index < -0.39 is 33.6 Å². The number of hydrogen-bond donors (Lipinski definition) is 1. The number of hydrogen-bond acceptors (Lipinski definition) is 6. The molecule has 1 saturated heterocycles. The van der Waals surface area contributed by atoms with Gasteiger partial charge in [0.15, 0.2) is 0 Å². The Morgan fingerprint density at radius 1 is 1.38 bits per heavy atom. The van der Waals surface area contributed by atoms with Gasteiger partial charge in [0, 0.05) is 16.4 Å². The molecule has 1 atom stereocenters. The predicted molar refractivity (Wildman–Crippen MR) is 89.0 cm³/mol. The maximum atomic E-state index is 12.4. The molecule has 1 aromatic rings. The van der Waals surface area contributed by atoms with Gasteiger partial charge in [0.1, 0.15) is 0 Å². The molecule has 0 spiro atoms. The standard InChI is InChI=1S/C15H18BrNO6S/c1-15(2,3)17-24(20,21)9-4-5-11(16)10(8-9)13(18)23-12-6-7-22-14(12)19/h4-5,8,12,17H,6-7H2,1-3H3/t12-/m0/s1. The van der Waals surface area contributed by atoms with Crippen LogP contribution in [-0.4, -0.2) is 38.6 Å². The van der Waals surface area contributed by atoms with E-state index in [0.29, 0.717) is 4.47 Å². The minimum absolute atomic E-state index is 0.0199. The van der Waals surface area contributed by atoms with E-state index in [1.54, 1.807) is 20.8 Å². The molecule has 9 heteroatoms. The summed E-state index contributed by atoms with van der Waals surface area (Å²) in [7, 11) is -3.80. The van der Waals surface area contributed by atoms with Gasteiger partial charge in [-0.05, 0) is 54.9 Å². The van der Waals surface area contributed by atoms with Crippen LogP contribution in [0.25, 0.3) is 0 Å². The first kappa shape index (κ1) is 18.9. The first-order valence-corrected chi connectivity index (χ1v) is 9.48. The third-order valence-corrected chi connectivity index (χ3v) is 5.49. The summed E-state index contributed by atoms with van der Waals surface area (Å²) in [5.41, 5.74) is -0.647. The summed E-state index contributed by atoms with van der Waals surface area (Å²) in [5, 5.41) is 0. The minimum atomic E-state index is -3.80. The van der Waals surface area contributed by atoms with Gasteiger partial charge in [0.25, 0.3) is 0 Å². The fourth-order valence-corrected chi connectivity index (χ4v) is 3.92. The van der Waals surface area contributed by atoms with Crippen molar-refractivity contribution >= 4 is 37.9 Å². The van der Waals surface area contributed by atoms with Gasteiger partial charge in [-0.15, -0.1) is 0 Å². The molecule has 0 aliphatic carbocycles. The van der Waals surface area contributed by atoms with Gasteiger partial charge >= 0.3 is 11.9 Å². The molecule has 0 saturated carbocycles. The highest BCUT2D eigenvalue weighted by Gasteiger charge is 2.31. The summed E-state index contributed by atoms with van der Waals surface area (Å²) in [6.45, 7) is 5.33. The van der Waals surface area contributed by atoms with Crippen LogP contribution in [0.3, 0.4) is 0 Å². The van der Waals surface area contributed by atoms with Crippen LogP contribution in [-0.2, 0) is 24.3 Å². The van der Waals surface area contributed by atoms with E-state index in [9.17, 15) is 18.0 Å². The number of benzene rings is 1. The molecule has 24 heavy (non-hydrogen) atoms. The predicted octanol–water partition coefficient (Wildman–Crippen LogP) is 2.00. The molecular formula is C15H18BrNO6S. The molecule has 1 heterocycles. The molecule has 1 aliphatic rings. The molecule has 1 aliphatic heterocycles. The molecule has 1 fully saturated rings. The van der Waals surface area contributed by atoms with Gasteiger partial charge in [0.2, 0.25) is 16.1 Å². The number of carbonyl (C=O) groups is 2. The quantitative estimate of drug-likeness (QED) is 0.749. The monoisotopic (exact) mass is 419 g/mol. The highest BCUT2D eigenvalue weighted by molar-refractivity contribution is 9.10. The fraction of sp³-hybridized carbons (Fsp3) is 0.467. The largest absolute Gasteiger partial charge is 0.463 e. The Balaban J connectivity index is 2.28. The van der Waals surface area contributed by atoms with E-state index in [1.165, 1.54) is 18.2 Å². The van der Waals surface area contributed by atoms with Crippen molar-refractivity contribution in [3.63, 3.8) is 0 Å². The smallest absolute Gasteiger partial charge is 0.347 e. The van der Waals surface area contributed by atoms with Gasteiger partial charge in [-0.2, -0.15) is 0 Å². The van der Waals surface area contributed by atoms with Gasteiger partial charge in [-0.25, -0.2) is 22.7 Å². The Labute approximate surface area is 148 Å². The Bertz CT molecular complexity index is 769. The molecule has 7 nitrogen and oxygen atoms in total. The number of halogens is 1. The summed E-state index contributed by atoms with van der Waals surface area (Å²) < 4.78 is 37.5. The SMILES string of the molecule is CC(C)(C)NS(=O)(=O)c1ccc(Br)c(C(=O)O[C@H]2CCOC2=O)c1. The maximum Gasteiger partial charge on any atom is 0.347 e. The number of rotatable bonds is 4. The van der Waals surface area contributed by atoms with E-state index in [1.807, 2.05) is 0 Å². The molecule has 1 N–H and O–H groups in total. The van der Waals surface area contributed by atoms with Gasteiger partial charge in [-0.3, -0.25) is 0 Å². The Kier molecular flexibility index (Phi) is 5.36. The Hall–Kier alpha value is -1.45. The first-order valence-electron chi connectivity index (χ1n) is 7.21. The number of cyclic esters (lactones) is 1. The zero-order valence-electron chi connectivity index (χ0n) is 13.5. The van der Waals surface area contributed by atoms with Crippen molar-refractivity contribution < 1.29 is 27.5 Å². The van der Waals surface area contributed by atoms with E-state index in [0.717, 1.165) is 0 Å². The number of ether oxygens (including phenoxy) is 2. The van der Waals surface area contributed by atoms with Crippen LogP contribution in [0.2, 0.25) is 0 Å². The van der Waals surface area contributed by atoms with Gasteiger partial charge in [-0.1, -0.05) is 0 Å². The first-order chi connectivity index (χ1) is 11.0. The van der Waals surface area contributed by atoms with Crippen molar-refractivity contribution in [3.05, 3.63) is 28.2 Å². The van der Waals surface area contributed by atoms with Crippen molar-refractivity contribution in [1.82, 2.24) is 4.72 Å². The van der Waals surface area contributed by atoms with Crippen LogP contribution in [0.5, 0.6) is 0 Å². The lowest BCUT2D eigenvalue weighted by molar-refractivity contribution is -0.145. The normalized spacial score (nSPS) is 18.3. The molecule has 132 valence electrons. The van der Waals surface area contributed by atoms with E-state index in [4.69, 9.17) is 9.47 Å². The van der Waals surface area contributed by atoms with Crippen molar-refractivity contribution in [2.24, 2.45) is 0 Å². The summed E-state index contributed by atoms with van der Waals surface area (Å²) in [6, 6.07) is 4.03. The van der Waals surface area contributed by atoms with E-state index in [2.05, 4.69) is 20.7 Å². The lowest BCUT2D eigenvalue weighted by atomic mass is 10.1. The fourth-order valence-electron chi connectivity index (χ4n) is 2.07. The third-order valence-electron chi connectivity index (χ3n) is 3.05. The van der Waals surface area contributed by atoms with Gasteiger partial charge in [0.05, 0.1) is 17.1 Å². The average Bonchev–Trinajstić information content (AvgIpc) is 2.81. The Morgan fingerprint density at radius 2 is 2.04 bits per heavy atom. The van der Waals surface area contributed by atoms with Crippen LogP contribution < -0.4 is 4.72 Å². The Morgan fingerprint density at radius 3 is 2.58 bits per heavy atom. The molecule has 1 aromatic carbocycles. The summed E-state index contributed by atoms with van der Waals surface area (Å²) >= 11 is 3.19. The highest BCUT2D eigenvalue weighted by atomic mass is 79.9. The topological polar surface area (TPSA) is 98.8 Å². The number of nitrogens with one attached hydrogen (secondary N) is 1. The second kappa shape index (κ2) is 6.81. The molecule has 2 rings (SSSR count). The average molecular weight is 420 g/mol. The van der Waals surface area contributed by atoms with Gasteiger partial charge < -0.3 is 9.47 Å².